The summed E-state index contributed by atoms with van der Waals surface area (Å²) in [5, 5.41) is 11.6. The molecule has 2 aromatic rings. The highest BCUT2D eigenvalue weighted by Crippen LogP contribution is 2.26. The number of anilines is 1. The molecule has 33 heavy (non-hydrogen) atoms. The van der Waals surface area contributed by atoms with Crippen LogP contribution in [0.5, 0.6) is 11.5 Å². The quantitative estimate of drug-likeness (QED) is 0.262. The molecule has 0 saturated carbocycles. The Kier molecular flexibility index (Phi) is 11.1. The molecule has 0 heterocycles. The lowest BCUT2D eigenvalue weighted by atomic mass is 10.0. The van der Waals surface area contributed by atoms with Crippen molar-refractivity contribution in [1.29, 1.82) is 0 Å². The third-order valence-corrected chi connectivity index (χ3v) is 4.39. The van der Waals surface area contributed by atoms with E-state index in [1.54, 1.807) is 61.7 Å². The first-order valence-electron chi connectivity index (χ1n) is 10.4. The number of carbonyl (C=O) groups is 2. The molecule has 1 atom stereocenters. The number of hydrogen-bond acceptors (Lipinski definition) is 7. The summed E-state index contributed by atoms with van der Waals surface area (Å²) in [5.74, 6) is 0.808. The van der Waals surface area contributed by atoms with Crippen molar-refractivity contribution in [2.45, 2.75) is 18.9 Å². The molecule has 8 heteroatoms. The van der Waals surface area contributed by atoms with Crippen molar-refractivity contribution in [3.63, 3.8) is 0 Å². The zero-order valence-corrected chi connectivity index (χ0v) is 18.6. The van der Waals surface area contributed by atoms with Crippen molar-refractivity contribution in [3.8, 4) is 11.5 Å². The minimum absolute atomic E-state index is 0.0828. The lowest BCUT2D eigenvalue weighted by Gasteiger charge is -2.19. The lowest BCUT2D eigenvalue weighted by molar-refractivity contribution is -0.136. The van der Waals surface area contributed by atoms with Crippen LogP contribution in [0.25, 0.3) is 0 Å². The van der Waals surface area contributed by atoms with Crippen LogP contribution in [0.4, 0.5) is 10.5 Å². The number of aliphatic hydroxyl groups is 1. The maximum atomic E-state index is 12.5. The van der Waals surface area contributed by atoms with Gasteiger partial charge in [-0.15, -0.1) is 0 Å². The van der Waals surface area contributed by atoms with Crippen molar-refractivity contribution >= 4 is 17.7 Å². The third-order valence-electron chi connectivity index (χ3n) is 4.39. The molecule has 176 valence electrons. The molecule has 0 radical (unpaired) electrons. The predicted molar refractivity (Wildman–Crippen MR) is 124 cm³/mol. The maximum Gasteiger partial charge on any atom is 0.412 e. The maximum absolute atomic E-state index is 12.5. The number of allylic oxidation sites excluding steroid dienone is 1. The summed E-state index contributed by atoms with van der Waals surface area (Å²) >= 11 is 0. The highest BCUT2D eigenvalue weighted by atomic mass is 16.6. The minimum Gasteiger partial charge on any atom is -0.497 e. The van der Waals surface area contributed by atoms with Crippen LogP contribution >= 0.6 is 0 Å². The largest absolute Gasteiger partial charge is 0.497 e. The SMILES string of the molecule is C=CCOC(=O)/C=C/CC[C@@H](OC(=O)Nc1ccc(OC)cc1)c1ccc(OCCO)cc1. The highest BCUT2D eigenvalue weighted by Gasteiger charge is 2.17. The van der Waals surface area contributed by atoms with E-state index < -0.39 is 18.2 Å². The number of aliphatic hydroxyl groups excluding tert-OH is 1. The van der Waals surface area contributed by atoms with E-state index in [-0.39, 0.29) is 19.8 Å². The Labute approximate surface area is 193 Å². The number of amides is 1. The van der Waals surface area contributed by atoms with E-state index in [0.717, 1.165) is 5.56 Å². The summed E-state index contributed by atoms with van der Waals surface area (Å²) in [4.78, 5) is 24.1. The van der Waals surface area contributed by atoms with Crippen LogP contribution < -0.4 is 14.8 Å². The van der Waals surface area contributed by atoms with Gasteiger partial charge in [-0.1, -0.05) is 30.9 Å². The van der Waals surface area contributed by atoms with Crippen molar-refractivity contribution in [3.05, 3.63) is 78.9 Å². The van der Waals surface area contributed by atoms with Gasteiger partial charge in [0.2, 0.25) is 0 Å². The van der Waals surface area contributed by atoms with E-state index in [1.165, 1.54) is 12.2 Å². The van der Waals surface area contributed by atoms with Crippen LogP contribution in [0.3, 0.4) is 0 Å². The topological polar surface area (TPSA) is 103 Å². The number of rotatable bonds is 13. The fourth-order valence-electron chi connectivity index (χ4n) is 2.80. The molecule has 0 aliphatic rings. The first-order valence-corrected chi connectivity index (χ1v) is 10.4. The van der Waals surface area contributed by atoms with Crippen molar-refractivity contribution in [2.75, 3.05) is 32.2 Å². The molecule has 0 aromatic heterocycles. The molecule has 0 spiro atoms. The van der Waals surface area contributed by atoms with Crippen LogP contribution in [0.15, 0.2) is 73.3 Å². The zero-order chi connectivity index (χ0) is 23.9. The molecule has 1 amide bonds. The average Bonchev–Trinajstić information content (AvgIpc) is 2.84. The fraction of sp³-hybridized carbons (Fsp3) is 0.280. The first-order chi connectivity index (χ1) is 16.0. The normalized spacial score (nSPS) is 11.5. The summed E-state index contributed by atoms with van der Waals surface area (Å²) in [6.07, 6.45) is 4.24. The number of nitrogens with one attached hydrogen (secondary N) is 1. The van der Waals surface area contributed by atoms with Gasteiger partial charge in [-0.05, 0) is 54.8 Å². The van der Waals surface area contributed by atoms with E-state index in [9.17, 15) is 9.59 Å². The number of methoxy groups -OCH3 is 1. The van der Waals surface area contributed by atoms with Crippen LogP contribution in [0.1, 0.15) is 24.5 Å². The van der Waals surface area contributed by atoms with Gasteiger partial charge < -0.3 is 24.1 Å². The molecule has 0 unspecified atom stereocenters. The molecule has 0 saturated heterocycles. The molecule has 2 aromatic carbocycles. The van der Waals surface area contributed by atoms with Crippen molar-refractivity contribution in [2.24, 2.45) is 0 Å². The number of esters is 1. The van der Waals surface area contributed by atoms with Crippen LogP contribution in [-0.4, -0.2) is 44.1 Å². The molecular weight excluding hydrogens is 426 g/mol. The molecule has 8 nitrogen and oxygen atoms in total. The Morgan fingerprint density at radius 1 is 1.09 bits per heavy atom. The van der Waals surface area contributed by atoms with Crippen molar-refractivity contribution in [1.82, 2.24) is 0 Å². The molecule has 0 aliphatic heterocycles. The molecule has 2 N–H and O–H groups in total. The average molecular weight is 456 g/mol. The van der Waals surface area contributed by atoms with Crippen LogP contribution in [-0.2, 0) is 14.3 Å². The number of benzene rings is 2. The van der Waals surface area contributed by atoms with Crippen molar-refractivity contribution < 1.29 is 33.6 Å². The third kappa shape index (κ3) is 9.49. The predicted octanol–water partition coefficient (Wildman–Crippen LogP) is 4.42. The number of carbonyl (C=O) groups excluding carboxylic acids is 2. The Bertz CT molecular complexity index is 907. The Balaban J connectivity index is 2.03. The van der Waals surface area contributed by atoms with E-state index in [0.29, 0.717) is 30.0 Å². The molecule has 0 fully saturated rings. The highest BCUT2D eigenvalue weighted by molar-refractivity contribution is 5.84. The Hall–Kier alpha value is -3.78. The second-order valence-electron chi connectivity index (χ2n) is 6.79. The van der Waals surface area contributed by atoms with Gasteiger partial charge in [0, 0.05) is 11.8 Å². The van der Waals surface area contributed by atoms with Gasteiger partial charge >= 0.3 is 12.1 Å². The smallest absolute Gasteiger partial charge is 0.412 e. The summed E-state index contributed by atoms with van der Waals surface area (Å²) in [6, 6.07) is 13.9. The summed E-state index contributed by atoms with van der Waals surface area (Å²) in [5.41, 5.74) is 1.33. The summed E-state index contributed by atoms with van der Waals surface area (Å²) < 4.78 is 21.0. The van der Waals surface area contributed by atoms with Gasteiger partial charge in [0.25, 0.3) is 0 Å². The Morgan fingerprint density at radius 3 is 2.42 bits per heavy atom. The van der Waals surface area contributed by atoms with E-state index in [4.69, 9.17) is 24.1 Å². The number of hydrogen-bond donors (Lipinski definition) is 2. The van der Waals surface area contributed by atoms with E-state index in [1.807, 2.05) is 0 Å². The molecule has 0 bridgehead atoms. The van der Waals surface area contributed by atoms with Gasteiger partial charge in [-0.2, -0.15) is 0 Å². The number of ether oxygens (including phenoxy) is 4. The second kappa shape index (κ2) is 14.3. The van der Waals surface area contributed by atoms with Crippen LogP contribution in [0, 0.1) is 0 Å². The summed E-state index contributed by atoms with van der Waals surface area (Å²) in [7, 11) is 1.56. The van der Waals surface area contributed by atoms with Gasteiger partial charge in [0.15, 0.2) is 0 Å². The summed E-state index contributed by atoms with van der Waals surface area (Å²) in [6.45, 7) is 3.74. The van der Waals surface area contributed by atoms with Gasteiger partial charge in [0.05, 0.1) is 13.7 Å². The molecule has 0 aliphatic carbocycles. The van der Waals surface area contributed by atoms with Crippen LogP contribution in [0.2, 0.25) is 0 Å². The lowest BCUT2D eigenvalue weighted by Crippen LogP contribution is -2.17. The second-order valence-corrected chi connectivity index (χ2v) is 6.79. The van der Waals surface area contributed by atoms with Gasteiger partial charge in [-0.25, -0.2) is 9.59 Å². The zero-order valence-electron chi connectivity index (χ0n) is 18.6. The molecule has 2 rings (SSSR count). The van der Waals surface area contributed by atoms with E-state index in [2.05, 4.69) is 11.9 Å². The van der Waals surface area contributed by atoms with E-state index >= 15 is 0 Å². The Morgan fingerprint density at radius 2 is 1.79 bits per heavy atom. The first kappa shape index (κ1) is 25.5. The fourth-order valence-corrected chi connectivity index (χ4v) is 2.80. The van der Waals surface area contributed by atoms with Gasteiger partial charge in [-0.3, -0.25) is 5.32 Å². The monoisotopic (exact) mass is 455 g/mol. The standard InChI is InChI=1S/C25H29NO7/c1-3-17-32-24(28)7-5-4-6-23(19-8-12-22(13-9-19)31-18-16-27)33-25(29)26-20-10-14-21(30-2)15-11-20/h3,5,7-15,23,27H,1,4,6,16-18H2,2H3,(H,26,29)/b7-5+/t23-/m1/s1. The minimum atomic E-state index is -0.611. The molecular formula is C25H29NO7. The van der Waals surface area contributed by atoms with Gasteiger partial charge in [0.1, 0.15) is 30.8 Å².